The molecule has 0 aliphatic carbocycles. The number of hydrogen-bond acceptors (Lipinski definition) is 3. The van der Waals surface area contributed by atoms with Gasteiger partial charge < -0.3 is 10.6 Å². The molecule has 1 heterocycles. The van der Waals surface area contributed by atoms with E-state index in [-0.39, 0.29) is 11.9 Å². The first kappa shape index (κ1) is 14.5. The fourth-order valence-corrected chi connectivity index (χ4v) is 2.29. The fraction of sp³-hybridized carbons (Fsp3) is 0.923. The lowest BCUT2D eigenvalue weighted by Crippen LogP contribution is -2.48. The van der Waals surface area contributed by atoms with Gasteiger partial charge in [-0.25, -0.2) is 0 Å². The van der Waals surface area contributed by atoms with E-state index in [1.165, 1.54) is 0 Å². The monoisotopic (exact) mass is 241 g/mol. The van der Waals surface area contributed by atoms with Crippen molar-refractivity contribution in [3.05, 3.63) is 0 Å². The molecule has 1 aliphatic heterocycles. The van der Waals surface area contributed by atoms with Crippen molar-refractivity contribution in [1.29, 1.82) is 0 Å². The van der Waals surface area contributed by atoms with E-state index in [2.05, 4.69) is 29.4 Å². The van der Waals surface area contributed by atoms with E-state index in [1.54, 1.807) is 0 Å². The average molecular weight is 241 g/mol. The van der Waals surface area contributed by atoms with Crippen LogP contribution in [0.5, 0.6) is 0 Å². The molecule has 0 aromatic carbocycles. The number of amides is 1. The summed E-state index contributed by atoms with van der Waals surface area (Å²) in [6.07, 6.45) is 3.30. The Morgan fingerprint density at radius 2 is 2.12 bits per heavy atom. The van der Waals surface area contributed by atoms with E-state index in [9.17, 15) is 4.79 Å². The first-order chi connectivity index (χ1) is 8.15. The summed E-state index contributed by atoms with van der Waals surface area (Å²) in [6, 6.07) is 0.286. The van der Waals surface area contributed by atoms with Crippen molar-refractivity contribution in [2.75, 3.05) is 26.2 Å². The van der Waals surface area contributed by atoms with Crippen LogP contribution in [0.25, 0.3) is 0 Å². The van der Waals surface area contributed by atoms with E-state index in [0.717, 1.165) is 45.4 Å². The number of carbonyl (C=O) groups is 1. The second-order valence-electron chi connectivity index (χ2n) is 5.01. The van der Waals surface area contributed by atoms with Gasteiger partial charge in [-0.05, 0) is 33.2 Å². The lowest BCUT2D eigenvalue weighted by Gasteiger charge is -2.27. The Labute approximate surface area is 105 Å². The van der Waals surface area contributed by atoms with Crippen LogP contribution in [0.2, 0.25) is 0 Å². The molecule has 1 amide bonds. The minimum absolute atomic E-state index is 0.00536. The van der Waals surface area contributed by atoms with Crippen LogP contribution in [-0.2, 0) is 4.79 Å². The number of rotatable bonds is 5. The van der Waals surface area contributed by atoms with Gasteiger partial charge in [0, 0.05) is 25.7 Å². The maximum absolute atomic E-state index is 12.1. The molecule has 1 saturated heterocycles. The van der Waals surface area contributed by atoms with Crippen molar-refractivity contribution >= 4 is 5.91 Å². The molecule has 4 heteroatoms. The number of nitrogens with zero attached hydrogens (tertiary/aromatic N) is 1. The highest BCUT2D eigenvalue weighted by Gasteiger charge is 2.22. The molecule has 4 nitrogen and oxygen atoms in total. The highest BCUT2D eigenvalue weighted by molar-refractivity contribution is 5.81. The zero-order chi connectivity index (χ0) is 12.7. The van der Waals surface area contributed by atoms with Gasteiger partial charge in [-0.1, -0.05) is 13.3 Å². The molecule has 2 N–H and O–H groups in total. The van der Waals surface area contributed by atoms with Crippen LogP contribution in [0.3, 0.4) is 0 Å². The number of nitrogens with one attached hydrogen (secondary N) is 2. The van der Waals surface area contributed by atoms with Gasteiger partial charge in [0.25, 0.3) is 0 Å². The van der Waals surface area contributed by atoms with Crippen LogP contribution < -0.4 is 10.6 Å². The lowest BCUT2D eigenvalue weighted by molar-refractivity contribution is -0.126. The van der Waals surface area contributed by atoms with Crippen molar-refractivity contribution < 1.29 is 4.79 Å². The third kappa shape index (κ3) is 5.04. The fourth-order valence-electron chi connectivity index (χ4n) is 2.29. The van der Waals surface area contributed by atoms with Crippen LogP contribution in [-0.4, -0.2) is 49.1 Å². The van der Waals surface area contributed by atoms with E-state index in [1.807, 2.05) is 6.92 Å². The smallest absolute Gasteiger partial charge is 0.237 e. The van der Waals surface area contributed by atoms with Gasteiger partial charge in [-0.2, -0.15) is 0 Å². The van der Waals surface area contributed by atoms with Gasteiger partial charge >= 0.3 is 0 Å². The molecule has 0 bridgehead atoms. The van der Waals surface area contributed by atoms with Gasteiger partial charge in [-0.15, -0.1) is 0 Å². The third-order valence-corrected chi connectivity index (χ3v) is 3.41. The summed E-state index contributed by atoms with van der Waals surface area (Å²) in [6.45, 7) is 10.3. The first-order valence-corrected chi connectivity index (χ1v) is 6.90. The molecule has 0 saturated carbocycles. The second kappa shape index (κ2) is 7.67. The minimum Gasteiger partial charge on any atom is -0.352 e. The molecular formula is C13H27N3O. The minimum atomic E-state index is -0.00536. The van der Waals surface area contributed by atoms with Crippen molar-refractivity contribution in [2.45, 2.75) is 52.1 Å². The topological polar surface area (TPSA) is 44.4 Å². The van der Waals surface area contributed by atoms with Crippen molar-refractivity contribution in [3.63, 3.8) is 0 Å². The first-order valence-electron chi connectivity index (χ1n) is 6.90. The molecule has 2 unspecified atom stereocenters. The largest absolute Gasteiger partial charge is 0.352 e. The average Bonchev–Trinajstić information content (AvgIpc) is 2.56. The van der Waals surface area contributed by atoms with Gasteiger partial charge in [0.2, 0.25) is 5.91 Å². The molecule has 0 radical (unpaired) electrons. The summed E-state index contributed by atoms with van der Waals surface area (Å²) in [5.74, 6) is 0.174. The molecule has 1 rings (SSSR count). The Morgan fingerprint density at radius 1 is 1.35 bits per heavy atom. The standard InChI is InChI=1S/C13H27N3O/c1-4-6-11(2)15-13(17)12(3)16-9-5-7-14-8-10-16/h11-12,14H,4-10H2,1-3H3,(H,15,17). The van der Waals surface area contributed by atoms with Crippen molar-refractivity contribution in [3.8, 4) is 0 Å². The van der Waals surface area contributed by atoms with Gasteiger partial charge in [0.1, 0.15) is 0 Å². The maximum Gasteiger partial charge on any atom is 0.237 e. The molecule has 0 aromatic heterocycles. The zero-order valence-corrected chi connectivity index (χ0v) is 11.5. The summed E-state index contributed by atoms with van der Waals surface area (Å²) >= 11 is 0. The van der Waals surface area contributed by atoms with Crippen LogP contribution in [0.15, 0.2) is 0 Å². The van der Waals surface area contributed by atoms with Crippen molar-refractivity contribution in [1.82, 2.24) is 15.5 Å². The Bertz CT molecular complexity index is 225. The van der Waals surface area contributed by atoms with Gasteiger partial charge in [0.05, 0.1) is 6.04 Å². The Hall–Kier alpha value is -0.610. The molecule has 2 atom stereocenters. The lowest BCUT2D eigenvalue weighted by atomic mass is 10.1. The van der Waals surface area contributed by atoms with E-state index >= 15 is 0 Å². The third-order valence-electron chi connectivity index (χ3n) is 3.41. The second-order valence-corrected chi connectivity index (χ2v) is 5.01. The summed E-state index contributed by atoms with van der Waals surface area (Å²) < 4.78 is 0. The summed E-state index contributed by atoms with van der Waals surface area (Å²) in [7, 11) is 0. The highest BCUT2D eigenvalue weighted by Crippen LogP contribution is 2.04. The Morgan fingerprint density at radius 3 is 2.82 bits per heavy atom. The number of carbonyl (C=O) groups excluding carboxylic acids is 1. The van der Waals surface area contributed by atoms with Crippen LogP contribution in [0, 0.1) is 0 Å². The molecule has 1 fully saturated rings. The molecule has 100 valence electrons. The zero-order valence-electron chi connectivity index (χ0n) is 11.5. The molecule has 0 spiro atoms. The number of hydrogen-bond donors (Lipinski definition) is 2. The Kier molecular flexibility index (Phi) is 6.52. The quantitative estimate of drug-likeness (QED) is 0.754. The summed E-state index contributed by atoms with van der Waals surface area (Å²) in [4.78, 5) is 14.3. The highest BCUT2D eigenvalue weighted by atomic mass is 16.2. The predicted molar refractivity (Wildman–Crippen MR) is 71.0 cm³/mol. The van der Waals surface area contributed by atoms with Crippen LogP contribution in [0.1, 0.15) is 40.0 Å². The SMILES string of the molecule is CCCC(C)NC(=O)C(C)N1CCCNCC1. The Balaban J connectivity index is 2.38. The summed E-state index contributed by atoms with van der Waals surface area (Å²) in [5.41, 5.74) is 0. The molecule has 17 heavy (non-hydrogen) atoms. The molecular weight excluding hydrogens is 214 g/mol. The van der Waals surface area contributed by atoms with E-state index in [4.69, 9.17) is 0 Å². The van der Waals surface area contributed by atoms with Gasteiger partial charge in [-0.3, -0.25) is 9.69 Å². The summed E-state index contributed by atoms with van der Waals surface area (Å²) in [5, 5.41) is 6.46. The van der Waals surface area contributed by atoms with Crippen molar-refractivity contribution in [2.24, 2.45) is 0 Å². The normalized spacial score (nSPS) is 21.6. The van der Waals surface area contributed by atoms with Gasteiger partial charge in [0.15, 0.2) is 0 Å². The van der Waals surface area contributed by atoms with Crippen LogP contribution in [0.4, 0.5) is 0 Å². The molecule has 1 aliphatic rings. The molecule has 0 aromatic rings. The predicted octanol–water partition coefficient (Wildman–Crippen LogP) is 0.975. The maximum atomic E-state index is 12.1. The van der Waals surface area contributed by atoms with E-state index in [0.29, 0.717) is 6.04 Å². The van der Waals surface area contributed by atoms with E-state index < -0.39 is 0 Å². The van der Waals surface area contributed by atoms with Crippen LogP contribution >= 0.6 is 0 Å².